The molecule has 3 aromatic carbocycles. The van der Waals surface area contributed by atoms with Crippen molar-refractivity contribution >= 4 is 11.1 Å². The summed E-state index contributed by atoms with van der Waals surface area (Å²) in [6.07, 6.45) is -4.66. The maximum absolute atomic E-state index is 14.2. The fraction of sp³-hybridized carbons (Fsp3) is 0.0500. The summed E-state index contributed by atoms with van der Waals surface area (Å²) in [6.45, 7) is 0. The van der Waals surface area contributed by atoms with Crippen LogP contribution in [0.5, 0.6) is 0 Å². The second-order valence-corrected chi connectivity index (χ2v) is 5.73. The van der Waals surface area contributed by atoms with Crippen molar-refractivity contribution < 1.29 is 22.0 Å². The molecule has 4 rings (SSSR count). The van der Waals surface area contributed by atoms with E-state index in [9.17, 15) is 17.6 Å². The van der Waals surface area contributed by atoms with Crippen LogP contribution in [0, 0.1) is 5.82 Å². The molecular formula is C20H11F4NO. The molecule has 2 nitrogen and oxygen atoms in total. The van der Waals surface area contributed by atoms with Gasteiger partial charge >= 0.3 is 6.18 Å². The zero-order valence-corrected chi connectivity index (χ0v) is 13.2. The highest BCUT2D eigenvalue weighted by Gasteiger charge is 2.35. The lowest BCUT2D eigenvalue weighted by molar-refractivity contribution is -0.137. The lowest BCUT2D eigenvalue weighted by atomic mass is 9.98. The number of hydrogen-bond acceptors (Lipinski definition) is 2. The SMILES string of the molecule is Fc1cccc(C(F)(F)F)c1-c1ccc2oc(-c3ccccc3)nc2c1. The molecule has 0 saturated carbocycles. The molecule has 0 atom stereocenters. The molecule has 0 radical (unpaired) electrons. The van der Waals surface area contributed by atoms with Gasteiger partial charge in [-0.05, 0) is 42.0 Å². The van der Waals surface area contributed by atoms with Crippen molar-refractivity contribution in [3.8, 4) is 22.6 Å². The van der Waals surface area contributed by atoms with Gasteiger partial charge in [-0.15, -0.1) is 0 Å². The smallest absolute Gasteiger partial charge is 0.417 e. The zero-order valence-electron chi connectivity index (χ0n) is 13.2. The van der Waals surface area contributed by atoms with Crippen molar-refractivity contribution in [3.05, 3.63) is 78.1 Å². The third-order valence-electron chi connectivity index (χ3n) is 4.02. The summed E-state index contributed by atoms with van der Waals surface area (Å²) in [5.41, 5.74) is 0.0907. The van der Waals surface area contributed by atoms with Gasteiger partial charge in [0, 0.05) is 11.1 Å². The van der Waals surface area contributed by atoms with Gasteiger partial charge in [0.2, 0.25) is 5.89 Å². The van der Waals surface area contributed by atoms with Crippen LogP contribution in [0.3, 0.4) is 0 Å². The molecule has 0 unspecified atom stereocenters. The van der Waals surface area contributed by atoms with Gasteiger partial charge in [-0.2, -0.15) is 13.2 Å². The highest BCUT2D eigenvalue weighted by Crippen LogP contribution is 2.39. The predicted octanol–water partition coefficient (Wildman–Crippen LogP) is 6.32. The third kappa shape index (κ3) is 2.83. The Labute approximate surface area is 145 Å². The van der Waals surface area contributed by atoms with Crippen molar-refractivity contribution in [3.63, 3.8) is 0 Å². The number of aromatic nitrogens is 1. The van der Waals surface area contributed by atoms with Gasteiger partial charge < -0.3 is 4.42 Å². The first kappa shape index (κ1) is 16.3. The zero-order chi connectivity index (χ0) is 18.3. The molecule has 0 saturated heterocycles. The lowest BCUT2D eigenvalue weighted by Gasteiger charge is -2.13. The average molecular weight is 357 g/mol. The van der Waals surface area contributed by atoms with Crippen LogP contribution in [0.1, 0.15) is 5.56 Å². The normalized spacial score (nSPS) is 11.8. The summed E-state index contributed by atoms with van der Waals surface area (Å²) in [7, 11) is 0. The monoisotopic (exact) mass is 357 g/mol. The molecule has 6 heteroatoms. The largest absolute Gasteiger partial charge is 0.436 e. The van der Waals surface area contributed by atoms with Crippen LogP contribution < -0.4 is 0 Å². The Morgan fingerprint density at radius 3 is 2.31 bits per heavy atom. The Bertz CT molecular complexity index is 1080. The van der Waals surface area contributed by atoms with E-state index in [4.69, 9.17) is 4.42 Å². The molecule has 0 spiro atoms. The molecule has 4 aromatic rings. The summed E-state index contributed by atoms with van der Waals surface area (Å²) in [6, 6.07) is 16.3. The number of benzene rings is 3. The van der Waals surface area contributed by atoms with Gasteiger partial charge in [-0.25, -0.2) is 9.37 Å². The van der Waals surface area contributed by atoms with Gasteiger partial charge in [0.15, 0.2) is 5.58 Å². The quantitative estimate of drug-likeness (QED) is 0.392. The molecule has 0 aliphatic heterocycles. The number of hydrogen-bond donors (Lipinski definition) is 0. The summed E-state index contributed by atoms with van der Waals surface area (Å²) >= 11 is 0. The molecule has 0 aliphatic carbocycles. The number of halogens is 4. The maximum Gasteiger partial charge on any atom is 0.417 e. The topological polar surface area (TPSA) is 26.0 Å². The first-order chi connectivity index (χ1) is 12.4. The molecule has 0 bridgehead atoms. The van der Waals surface area contributed by atoms with Crippen LogP contribution >= 0.6 is 0 Å². The van der Waals surface area contributed by atoms with E-state index in [1.807, 2.05) is 30.3 Å². The minimum atomic E-state index is -4.66. The summed E-state index contributed by atoms with van der Waals surface area (Å²) in [5.74, 6) is -0.590. The van der Waals surface area contributed by atoms with Gasteiger partial charge in [-0.1, -0.05) is 30.3 Å². The Balaban J connectivity index is 1.87. The summed E-state index contributed by atoms with van der Waals surface area (Å²) < 4.78 is 59.6. The minimum absolute atomic E-state index is 0.0934. The molecule has 1 heterocycles. The predicted molar refractivity (Wildman–Crippen MR) is 89.8 cm³/mol. The molecule has 26 heavy (non-hydrogen) atoms. The molecule has 1 aromatic heterocycles. The Hall–Kier alpha value is -3.15. The van der Waals surface area contributed by atoms with E-state index in [0.717, 1.165) is 23.8 Å². The van der Waals surface area contributed by atoms with Crippen LogP contribution in [-0.4, -0.2) is 4.98 Å². The maximum atomic E-state index is 14.2. The van der Waals surface area contributed by atoms with Crippen LogP contribution in [0.2, 0.25) is 0 Å². The molecule has 0 aliphatic rings. The average Bonchev–Trinajstić information content (AvgIpc) is 3.05. The summed E-state index contributed by atoms with van der Waals surface area (Å²) in [4.78, 5) is 4.32. The fourth-order valence-electron chi connectivity index (χ4n) is 2.84. The molecule has 0 fully saturated rings. The van der Waals surface area contributed by atoms with Gasteiger partial charge in [-0.3, -0.25) is 0 Å². The molecule has 0 N–H and O–H groups in total. The highest BCUT2D eigenvalue weighted by atomic mass is 19.4. The number of alkyl halides is 3. The van der Waals surface area contributed by atoms with Crippen molar-refractivity contribution in [2.75, 3.05) is 0 Å². The van der Waals surface area contributed by atoms with Crippen molar-refractivity contribution in [2.24, 2.45) is 0 Å². The van der Waals surface area contributed by atoms with E-state index < -0.39 is 23.1 Å². The van der Waals surface area contributed by atoms with Gasteiger partial charge in [0.1, 0.15) is 11.3 Å². The minimum Gasteiger partial charge on any atom is -0.436 e. The Kier molecular flexibility index (Phi) is 3.76. The van der Waals surface area contributed by atoms with Crippen molar-refractivity contribution in [1.29, 1.82) is 0 Å². The Morgan fingerprint density at radius 1 is 0.808 bits per heavy atom. The van der Waals surface area contributed by atoms with Crippen LogP contribution in [-0.2, 0) is 6.18 Å². The number of fused-ring (bicyclic) bond motifs is 1. The highest BCUT2D eigenvalue weighted by molar-refractivity contribution is 5.83. The molecular weight excluding hydrogens is 346 g/mol. The van der Waals surface area contributed by atoms with Gasteiger partial charge in [0.25, 0.3) is 0 Å². The van der Waals surface area contributed by atoms with Crippen molar-refractivity contribution in [2.45, 2.75) is 6.18 Å². The lowest BCUT2D eigenvalue weighted by Crippen LogP contribution is -2.08. The molecule has 0 amide bonds. The molecule has 130 valence electrons. The summed E-state index contributed by atoms with van der Waals surface area (Å²) in [5, 5.41) is 0. The van der Waals surface area contributed by atoms with Crippen molar-refractivity contribution in [1.82, 2.24) is 4.98 Å². The second-order valence-electron chi connectivity index (χ2n) is 5.73. The standard InChI is InChI=1S/C20H11F4NO/c21-15-8-4-7-14(20(22,23)24)18(15)13-9-10-17-16(11-13)25-19(26-17)12-5-2-1-3-6-12/h1-11H. The first-order valence-electron chi connectivity index (χ1n) is 7.75. The van der Waals surface area contributed by atoms with E-state index >= 15 is 0 Å². The van der Waals surface area contributed by atoms with E-state index in [2.05, 4.69) is 4.98 Å². The van der Waals surface area contributed by atoms with E-state index in [1.54, 1.807) is 0 Å². The van der Waals surface area contributed by atoms with Crippen LogP contribution in [0.25, 0.3) is 33.7 Å². The number of rotatable bonds is 2. The van der Waals surface area contributed by atoms with Crippen LogP contribution in [0.15, 0.2) is 71.1 Å². The van der Waals surface area contributed by atoms with E-state index in [0.29, 0.717) is 17.0 Å². The van der Waals surface area contributed by atoms with E-state index in [-0.39, 0.29) is 5.56 Å². The fourth-order valence-corrected chi connectivity index (χ4v) is 2.84. The second kappa shape index (κ2) is 5.98. The number of nitrogens with zero attached hydrogens (tertiary/aromatic N) is 1. The Morgan fingerprint density at radius 2 is 1.58 bits per heavy atom. The first-order valence-corrected chi connectivity index (χ1v) is 7.75. The van der Waals surface area contributed by atoms with Crippen LogP contribution in [0.4, 0.5) is 17.6 Å². The van der Waals surface area contributed by atoms with E-state index in [1.165, 1.54) is 18.2 Å². The van der Waals surface area contributed by atoms with Gasteiger partial charge in [0.05, 0.1) is 5.56 Å². The third-order valence-corrected chi connectivity index (χ3v) is 4.02. The number of oxazole rings is 1.